The number of carbonyl (C=O) groups is 2. The Labute approximate surface area is 96.9 Å². The van der Waals surface area contributed by atoms with Gasteiger partial charge in [0.05, 0.1) is 6.61 Å². The fourth-order valence-electron chi connectivity index (χ4n) is 1.92. The second kappa shape index (κ2) is 7.25. The summed E-state index contributed by atoms with van der Waals surface area (Å²) in [5.74, 6) is 0.171. The van der Waals surface area contributed by atoms with E-state index >= 15 is 0 Å². The van der Waals surface area contributed by atoms with Crippen molar-refractivity contribution in [3.63, 3.8) is 0 Å². The molecule has 4 nitrogen and oxygen atoms in total. The Bertz CT molecular complexity index is 240. The summed E-state index contributed by atoms with van der Waals surface area (Å²) in [4.78, 5) is 24.2. The highest BCUT2D eigenvalue weighted by Crippen LogP contribution is 2.11. The van der Waals surface area contributed by atoms with Crippen LogP contribution in [0.1, 0.15) is 45.4 Å². The number of rotatable bonds is 7. The predicted molar refractivity (Wildman–Crippen MR) is 60.9 cm³/mol. The molecule has 92 valence electrons. The average molecular weight is 227 g/mol. The molecule has 0 bridgehead atoms. The lowest BCUT2D eigenvalue weighted by Gasteiger charge is -2.14. The van der Waals surface area contributed by atoms with Crippen molar-refractivity contribution < 1.29 is 14.3 Å². The van der Waals surface area contributed by atoms with Gasteiger partial charge in [-0.3, -0.25) is 9.59 Å². The number of nitrogens with zero attached hydrogens (tertiary/aromatic N) is 1. The smallest absolute Gasteiger partial charge is 0.305 e. The van der Waals surface area contributed by atoms with Gasteiger partial charge in [-0.2, -0.15) is 0 Å². The van der Waals surface area contributed by atoms with E-state index in [0.29, 0.717) is 19.4 Å². The van der Waals surface area contributed by atoms with Gasteiger partial charge >= 0.3 is 5.97 Å². The minimum Gasteiger partial charge on any atom is -0.466 e. The molecule has 16 heavy (non-hydrogen) atoms. The maximum atomic E-state index is 11.3. The Morgan fingerprint density at radius 2 is 2.19 bits per heavy atom. The first-order valence-electron chi connectivity index (χ1n) is 6.17. The van der Waals surface area contributed by atoms with Gasteiger partial charge in [-0.25, -0.2) is 0 Å². The number of unbranched alkanes of at least 4 members (excludes halogenated alkanes) is 2. The second-order valence-corrected chi connectivity index (χ2v) is 4.10. The van der Waals surface area contributed by atoms with Gasteiger partial charge in [-0.15, -0.1) is 0 Å². The summed E-state index contributed by atoms with van der Waals surface area (Å²) < 4.78 is 4.84. The lowest BCUT2D eigenvalue weighted by atomic mass is 10.2. The Hall–Kier alpha value is -1.06. The molecular formula is C12H21NO3. The minimum atomic E-state index is -0.111. The number of hydrogen-bond acceptors (Lipinski definition) is 3. The maximum absolute atomic E-state index is 11.3. The van der Waals surface area contributed by atoms with Gasteiger partial charge in [-0.05, 0) is 26.2 Å². The number of esters is 1. The van der Waals surface area contributed by atoms with Crippen LogP contribution in [0.4, 0.5) is 0 Å². The van der Waals surface area contributed by atoms with Gasteiger partial charge in [0.25, 0.3) is 0 Å². The van der Waals surface area contributed by atoms with Crippen LogP contribution < -0.4 is 0 Å². The number of hydrogen-bond donors (Lipinski definition) is 0. The van der Waals surface area contributed by atoms with E-state index in [4.69, 9.17) is 4.74 Å². The van der Waals surface area contributed by atoms with Crippen molar-refractivity contribution >= 4 is 11.9 Å². The van der Waals surface area contributed by atoms with Crippen LogP contribution in [-0.2, 0) is 14.3 Å². The van der Waals surface area contributed by atoms with Crippen LogP contribution >= 0.6 is 0 Å². The van der Waals surface area contributed by atoms with Gasteiger partial charge in [0.1, 0.15) is 0 Å². The van der Waals surface area contributed by atoms with Crippen LogP contribution in [0.15, 0.2) is 0 Å². The zero-order valence-electron chi connectivity index (χ0n) is 10.0. The molecule has 1 rings (SSSR count). The first kappa shape index (κ1) is 13.0. The van der Waals surface area contributed by atoms with Crippen LogP contribution in [0.25, 0.3) is 0 Å². The van der Waals surface area contributed by atoms with Gasteiger partial charge in [0.2, 0.25) is 5.91 Å². The number of likely N-dealkylation sites (tertiary alicyclic amines) is 1. The van der Waals surface area contributed by atoms with Crippen molar-refractivity contribution in [3.05, 3.63) is 0 Å². The molecule has 1 amide bonds. The molecule has 0 radical (unpaired) electrons. The molecule has 0 aromatic carbocycles. The first-order chi connectivity index (χ1) is 7.74. The molecule has 1 heterocycles. The molecule has 0 saturated carbocycles. The highest BCUT2D eigenvalue weighted by Gasteiger charge is 2.18. The zero-order chi connectivity index (χ0) is 11.8. The topological polar surface area (TPSA) is 46.6 Å². The summed E-state index contributed by atoms with van der Waals surface area (Å²) in [6, 6.07) is 0. The van der Waals surface area contributed by atoms with E-state index in [2.05, 4.69) is 0 Å². The molecule has 4 heteroatoms. The fourth-order valence-corrected chi connectivity index (χ4v) is 1.92. The highest BCUT2D eigenvalue weighted by atomic mass is 16.5. The molecule has 1 saturated heterocycles. The average Bonchev–Trinajstić information content (AvgIpc) is 2.64. The third-order valence-corrected chi connectivity index (χ3v) is 2.79. The molecule has 0 atom stereocenters. The summed E-state index contributed by atoms with van der Waals surface area (Å²) in [6.07, 6.45) is 5.06. The van der Waals surface area contributed by atoms with E-state index in [9.17, 15) is 9.59 Å². The summed E-state index contributed by atoms with van der Waals surface area (Å²) >= 11 is 0. The van der Waals surface area contributed by atoms with Gasteiger partial charge in [0, 0.05) is 25.9 Å². The Balaban J connectivity index is 1.95. The quantitative estimate of drug-likeness (QED) is 0.491. The molecular weight excluding hydrogens is 206 g/mol. The van der Waals surface area contributed by atoms with Crippen LogP contribution in [0.5, 0.6) is 0 Å². The summed E-state index contributed by atoms with van der Waals surface area (Å²) in [5.41, 5.74) is 0. The molecule has 1 aliphatic rings. The first-order valence-corrected chi connectivity index (χ1v) is 6.17. The minimum absolute atomic E-state index is 0.111. The third-order valence-electron chi connectivity index (χ3n) is 2.79. The molecule has 0 unspecified atom stereocenters. The predicted octanol–water partition coefficient (Wildman–Crippen LogP) is 1.73. The van der Waals surface area contributed by atoms with Crippen molar-refractivity contribution in [2.24, 2.45) is 0 Å². The van der Waals surface area contributed by atoms with E-state index in [1.165, 1.54) is 0 Å². The highest BCUT2D eigenvalue weighted by molar-refractivity contribution is 5.77. The van der Waals surface area contributed by atoms with Crippen molar-refractivity contribution in [2.45, 2.75) is 45.4 Å². The molecule has 0 aromatic rings. The molecule has 1 fully saturated rings. The molecule has 0 N–H and O–H groups in total. The van der Waals surface area contributed by atoms with Gasteiger partial charge < -0.3 is 9.64 Å². The van der Waals surface area contributed by atoms with Crippen molar-refractivity contribution in [1.29, 1.82) is 0 Å². The van der Waals surface area contributed by atoms with Crippen molar-refractivity contribution in [1.82, 2.24) is 4.90 Å². The molecule has 1 aliphatic heterocycles. The van der Waals surface area contributed by atoms with Crippen LogP contribution in [0.3, 0.4) is 0 Å². The van der Waals surface area contributed by atoms with Gasteiger partial charge in [-0.1, -0.05) is 6.42 Å². The summed E-state index contributed by atoms with van der Waals surface area (Å²) in [7, 11) is 0. The maximum Gasteiger partial charge on any atom is 0.305 e. The molecule has 0 aromatic heterocycles. The standard InChI is InChI=1S/C12H21NO3/c1-2-16-12(15)8-4-3-5-9-13-10-6-7-11(13)14/h2-10H2,1H3. The number of ether oxygens (including phenoxy) is 1. The third kappa shape index (κ3) is 4.64. The normalized spacial score (nSPS) is 15.6. The zero-order valence-corrected chi connectivity index (χ0v) is 10.0. The fraction of sp³-hybridized carbons (Fsp3) is 0.833. The van der Waals surface area contributed by atoms with Crippen molar-refractivity contribution in [2.75, 3.05) is 19.7 Å². The van der Waals surface area contributed by atoms with E-state index < -0.39 is 0 Å². The SMILES string of the molecule is CCOC(=O)CCCCCN1CCCC1=O. The van der Waals surface area contributed by atoms with Crippen LogP contribution in [-0.4, -0.2) is 36.5 Å². The molecule has 0 aliphatic carbocycles. The summed E-state index contributed by atoms with van der Waals surface area (Å²) in [6.45, 7) is 4.04. The largest absolute Gasteiger partial charge is 0.466 e. The molecule has 0 spiro atoms. The lowest BCUT2D eigenvalue weighted by Crippen LogP contribution is -2.25. The Morgan fingerprint density at radius 1 is 1.38 bits per heavy atom. The van der Waals surface area contributed by atoms with E-state index in [1.54, 1.807) is 0 Å². The number of amides is 1. The van der Waals surface area contributed by atoms with Crippen molar-refractivity contribution in [3.8, 4) is 0 Å². The van der Waals surface area contributed by atoms with E-state index in [1.807, 2.05) is 11.8 Å². The second-order valence-electron chi connectivity index (χ2n) is 4.10. The lowest BCUT2D eigenvalue weighted by molar-refractivity contribution is -0.143. The Morgan fingerprint density at radius 3 is 2.81 bits per heavy atom. The monoisotopic (exact) mass is 227 g/mol. The van der Waals surface area contributed by atoms with E-state index in [-0.39, 0.29) is 11.9 Å². The van der Waals surface area contributed by atoms with E-state index in [0.717, 1.165) is 38.8 Å². The van der Waals surface area contributed by atoms with Gasteiger partial charge in [0.15, 0.2) is 0 Å². The Kier molecular flexibility index (Phi) is 5.90. The number of carbonyl (C=O) groups excluding carboxylic acids is 2. The van der Waals surface area contributed by atoms with Crippen LogP contribution in [0, 0.1) is 0 Å². The van der Waals surface area contributed by atoms with Crippen LogP contribution in [0.2, 0.25) is 0 Å². The summed E-state index contributed by atoms with van der Waals surface area (Å²) in [5, 5.41) is 0.